The molecule has 1 amide bonds. The number of likely N-dealkylation sites (tertiary alicyclic amines) is 1. The van der Waals surface area contributed by atoms with Crippen molar-refractivity contribution in [3.05, 3.63) is 29.3 Å². The van der Waals surface area contributed by atoms with E-state index in [0.717, 1.165) is 55.3 Å². The van der Waals surface area contributed by atoms with Gasteiger partial charge in [-0.3, -0.25) is 4.79 Å². The van der Waals surface area contributed by atoms with Crippen molar-refractivity contribution in [2.24, 2.45) is 17.8 Å². The summed E-state index contributed by atoms with van der Waals surface area (Å²) in [5.41, 5.74) is 1.70. The van der Waals surface area contributed by atoms with Gasteiger partial charge in [0, 0.05) is 36.9 Å². The molecule has 0 unspecified atom stereocenters. The first kappa shape index (κ1) is 19.7. The maximum Gasteiger partial charge on any atom is 0.254 e. The number of ether oxygens (including phenoxy) is 2. The molecule has 154 valence electrons. The number of hydrogen-bond acceptors (Lipinski definition) is 4. The molecule has 4 rings (SSSR count). The maximum atomic E-state index is 13.2. The third-order valence-electron chi connectivity index (χ3n) is 7.01. The van der Waals surface area contributed by atoms with Gasteiger partial charge in [-0.15, -0.1) is 0 Å². The quantitative estimate of drug-likeness (QED) is 0.753. The first-order valence-corrected chi connectivity index (χ1v) is 10.7. The third kappa shape index (κ3) is 3.92. The number of fused-ring (bicyclic) bond motifs is 1. The van der Waals surface area contributed by atoms with E-state index in [9.17, 15) is 4.79 Å². The topological polar surface area (TPSA) is 42.0 Å². The van der Waals surface area contributed by atoms with Crippen LogP contribution in [0.15, 0.2) is 18.2 Å². The van der Waals surface area contributed by atoms with E-state index in [1.165, 1.54) is 12.8 Å². The molecule has 0 radical (unpaired) electrons. The van der Waals surface area contributed by atoms with E-state index in [0.29, 0.717) is 24.0 Å². The molecule has 3 fully saturated rings. The van der Waals surface area contributed by atoms with E-state index >= 15 is 0 Å². The molecule has 1 aromatic rings. The lowest BCUT2D eigenvalue weighted by Crippen LogP contribution is -2.48. The number of amides is 1. The Morgan fingerprint density at radius 1 is 1.18 bits per heavy atom. The summed E-state index contributed by atoms with van der Waals surface area (Å²) in [6, 6.07) is 6.20. The van der Waals surface area contributed by atoms with Crippen LogP contribution in [0.25, 0.3) is 0 Å². The summed E-state index contributed by atoms with van der Waals surface area (Å²) in [6.45, 7) is 4.60. The normalized spacial score (nSPS) is 29.8. The van der Waals surface area contributed by atoms with E-state index in [1.54, 1.807) is 7.11 Å². The molecule has 28 heavy (non-hydrogen) atoms. The van der Waals surface area contributed by atoms with Crippen molar-refractivity contribution in [3.63, 3.8) is 0 Å². The number of carbonyl (C=O) groups is 1. The Hall–Kier alpha value is -1.59. The molecule has 5 heteroatoms. The molecular formula is C23H34N2O3. The summed E-state index contributed by atoms with van der Waals surface area (Å²) in [7, 11) is 5.98. The average molecular weight is 387 g/mol. The molecule has 1 aliphatic heterocycles. The minimum Gasteiger partial charge on any atom is -0.496 e. The van der Waals surface area contributed by atoms with Crippen molar-refractivity contribution < 1.29 is 14.3 Å². The lowest BCUT2D eigenvalue weighted by molar-refractivity contribution is -0.0493. The van der Waals surface area contributed by atoms with Gasteiger partial charge in [-0.2, -0.15) is 0 Å². The van der Waals surface area contributed by atoms with E-state index in [-0.39, 0.29) is 5.91 Å². The second kappa shape index (κ2) is 8.03. The Labute approximate surface area is 169 Å². The van der Waals surface area contributed by atoms with Crippen molar-refractivity contribution in [3.8, 4) is 5.75 Å². The van der Waals surface area contributed by atoms with Crippen LogP contribution in [0.2, 0.25) is 0 Å². The monoisotopic (exact) mass is 386 g/mol. The van der Waals surface area contributed by atoms with Gasteiger partial charge in [0.05, 0.1) is 13.2 Å². The van der Waals surface area contributed by atoms with Gasteiger partial charge in [-0.25, -0.2) is 0 Å². The molecule has 0 bridgehead atoms. The van der Waals surface area contributed by atoms with E-state index in [1.807, 2.05) is 25.1 Å². The van der Waals surface area contributed by atoms with Crippen LogP contribution in [-0.4, -0.2) is 68.8 Å². The van der Waals surface area contributed by atoms with Crippen LogP contribution in [0.3, 0.4) is 0 Å². The van der Waals surface area contributed by atoms with Gasteiger partial charge in [0.15, 0.2) is 0 Å². The van der Waals surface area contributed by atoms with Gasteiger partial charge in [0.1, 0.15) is 5.75 Å². The number of likely N-dealkylation sites (N-methyl/N-ethyl adjacent to an activating group) is 1. The zero-order valence-corrected chi connectivity index (χ0v) is 17.7. The minimum absolute atomic E-state index is 0.141. The molecule has 0 spiro atoms. The van der Waals surface area contributed by atoms with Crippen molar-refractivity contribution >= 4 is 5.91 Å². The van der Waals surface area contributed by atoms with Crippen LogP contribution in [0.5, 0.6) is 5.75 Å². The Morgan fingerprint density at radius 3 is 2.54 bits per heavy atom. The standard InChI is InChI=1S/C23H34N2O3/c1-15-19(6-5-7-21(15)27-4)23(26)25-12-17-10-20(24(2)3)22(11-18(17)13-25)28-14-16-8-9-16/h5-7,16-18,20,22H,8-14H2,1-4H3/t17-,18+,20-,22-/m1/s1. The minimum atomic E-state index is 0.141. The number of carbonyl (C=O) groups excluding carboxylic acids is 1. The molecular weight excluding hydrogens is 352 g/mol. The molecule has 0 N–H and O–H groups in total. The van der Waals surface area contributed by atoms with Crippen LogP contribution in [0.4, 0.5) is 0 Å². The molecule has 2 aliphatic carbocycles. The van der Waals surface area contributed by atoms with Gasteiger partial charge in [-0.05, 0) is 76.6 Å². The molecule has 4 atom stereocenters. The van der Waals surface area contributed by atoms with Crippen LogP contribution in [0, 0.1) is 24.7 Å². The summed E-state index contributed by atoms with van der Waals surface area (Å²) >= 11 is 0. The molecule has 5 nitrogen and oxygen atoms in total. The van der Waals surface area contributed by atoms with Crippen LogP contribution in [0.1, 0.15) is 41.6 Å². The first-order chi connectivity index (χ1) is 13.5. The second-order valence-electron chi connectivity index (χ2n) is 9.18. The number of rotatable bonds is 6. The average Bonchev–Trinajstić information content (AvgIpc) is 3.42. The number of hydrogen-bond donors (Lipinski definition) is 0. The zero-order chi connectivity index (χ0) is 19.8. The Morgan fingerprint density at radius 2 is 1.89 bits per heavy atom. The summed E-state index contributed by atoms with van der Waals surface area (Å²) in [6.07, 6.45) is 5.14. The molecule has 1 aromatic carbocycles. The summed E-state index contributed by atoms with van der Waals surface area (Å²) < 4.78 is 11.8. The van der Waals surface area contributed by atoms with E-state index in [2.05, 4.69) is 23.9 Å². The highest BCUT2D eigenvalue weighted by Crippen LogP contribution is 2.40. The number of nitrogens with zero attached hydrogens (tertiary/aromatic N) is 2. The smallest absolute Gasteiger partial charge is 0.254 e. The third-order valence-corrected chi connectivity index (χ3v) is 7.01. The highest BCUT2D eigenvalue weighted by molar-refractivity contribution is 5.96. The van der Waals surface area contributed by atoms with Gasteiger partial charge >= 0.3 is 0 Å². The van der Waals surface area contributed by atoms with E-state index in [4.69, 9.17) is 9.47 Å². The number of benzene rings is 1. The van der Waals surface area contributed by atoms with Gasteiger partial charge in [0.25, 0.3) is 5.91 Å². The van der Waals surface area contributed by atoms with Gasteiger partial charge < -0.3 is 19.3 Å². The Balaban J connectivity index is 1.45. The van der Waals surface area contributed by atoms with Crippen molar-refractivity contribution in [2.45, 2.75) is 44.8 Å². The number of methoxy groups -OCH3 is 1. The fourth-order valence-corrected chi connectivity index (χ4v) is 5.06. The second-order valence-corrected chi connectivity index (χ2v) is 9.18. The molecule has 1 heterocycles. The highest BCUT2D eigenvalue weighted by atomic mass is 16.5. The Bertz CT molecular complexity index is 716. The van der Waals surface area contributed by atoms with E-state index < -0.39 is 0 Å². The zero-order valence-electron chi connectivity index (χ0n) is 17.7. The molecule has 3 aliphatic rings. The van der Waals surface area contributed by atoms with Gasteiger partial charge in [-0.1, -0.05) is 6.07 Å². The Kier molecular flexibility index (Phi) is 5.66. The maximum absolute atomic E-state index is 13.2. The lowest BCUT2D eigenvalue weighted by atomic mass is 9.77. The molecule has 2 saturated carbocycles. The van der Waals surface area contributed by atoms with Crippen molar-refractivity contribution in [1.82, 2.24) is 9.80 Å². The molecule has 1 saturated heterocycles. The summed E-state index contributed by atoms with van der Waals surface area (Å²) in [4.78, 5) is 17.6. The summed E-state index contributed by atoms with van der Waals surface area (Å²) in [5, 5.41) is 0. The fourth-order valence-electron chi connectivity index (χ4n) is 5.06. The van der Waals surface area contributed by atoms with Crippen molar-refractivity contribution in [1.29, 1.82) is 0 Å². The van der Waals surface area contributed by atoms with Crippen LogP contribution >= 0.6 is 0 Å². The molecule has 0 aromatic heterocycles. The van der Waals surface area contributed by atoms with Crippen LogP contribution < -0.4 is 4.74 Å². The highest BCUT2D eigenvalue weighted by Gasteiger charge is 2.45. The predicted molar refractivity (Wildman–Crippen MR) is 110 cm³/mol. The predicted octanol–water partition coefficient (Wildman–Crippen LogP) is 3.21. The van der Waals surface area contributed by atoms with Gasteiger partial charge in [0.2, 0.25) is 0 Å². The fraction of sp³-hybridized carbons (Fsp3) is 0.696. The largest absolute Gasteiger partial charge is 0.496 e. The first-order valence-electron chi connectivity index (χ1n) is 10.7. The SMILES string of the molecule is COc1cccc(C(=O)N2C[C@H]3C[C@@H](N(C)C)[C@H](OCC4CC4)C[C@H]3C2)c1C. The summed E-state index contributed by atoms with van der Waals surface area (Å²) in [5.74, 6) is 2.84. The lowest BCUT2D eigenvalue weighted by Gasteiger charge is -2.41. The van der Waals surface area contributed by atoms with Crippen molar-refractivity contribution in [2.75, 3.05) is 40.9 Å². The van der Waals surface area contributed by atoms with Crippen LogP contribution in [-0.2, 0) is 4.74 Å².